The summed E-state index contributed by atoms with van der Waals surface area (Å²) in [5.74, 6) is 0. The number of rotatable bonds is 4. The first-order chi connectivity index (χ1) is 9.33. The Morgan fingerprint density at radius 1 is 1.21 bits per heavy atom. The summed E-state index contributed by atoms with van der Waals surface area (Å²) in [7, 11) is 0. The summed E-state index contributed by atoms with van der Waals surface area (Å²) in [5.41, 5.74) is 4.06. The van der Waals surface area contributed by atoms with Crippen LogP contribution in [0.5, 0.6) is 0 Å². The van der Waals surface area contributed by atoms with Crippen LogP contribution in [0.2, 0.25) is 0 Å². The van der Waals surface area contributed by atoms with Gasteiger partial charge in [0.15, 0.2) is 0 Å². The summed E-state index contributed by atoms with van der Waals surface area (Å²) in [4.78, 5) is 5.96. The van der Waals surface area contributed by atoms with Crippen LogP contribution in [-0.2, 0) is 6.42 Å². The molecule has 1 fully saturated rings. The van der Waals surface area contributed by atoms with Crippen molar-refractivity contribution in [3.8, 4) is 0 Å². The largest absolute Gasteiger partial charge is 0.361 e. The van der Waals surface area contributed by atoms with Gasteiger partial charge in [0.1, 0.15) is 0 Å². The molecule has 2 heterocycles. The lowest BCUT2D eigenvalue weighted by atomic mass is 10.1. The standard InChI is InChI=1S/C16H23N3/c1-13-4-5-15-14(12-18-16(15)11-13)3-2-8-19-9-6-17-7-10-19/h4-5,11-12,17-18H,2-3,6-10H2,1H3. The fourth-order valence-electron chi connectivity index (χ4n) is 2.93. The third kappa shape index (κ3) is 2.99. The van der Waals surface area contributed by atoms with E-state index in [1.807, 2.05) is 0 Å². The van der Waals surface area contributed by atoms with E-state index in [2.05, 4.69) is 46.5 Å². The number of hydrogen-bond donors (Lipinski definition) is 2. The van der Waals surface area contributed by atoms with Crippen LogP contribution in [0.1, 0.15) is 17.5 Å². The highest BCUT2D eigenvalue weighted by Gasteiger charge is 2.09. The molecular weight excluding hydrogens is 234 g/mol. The molecule has 0 radical (unpaired) electrons. The highest BCUT2D eigenvalue weighted by atomic mass is 15.2. The Morgan fingerprint density at radius 2 is 2.05 bits per heavy atom. The van der Waals surface area contributed by atoms with E-state index in [4.69, 9.17) is 0 Å². The Bertz CT molecular complexity index is 538. The molecule has 3 heteroatoms. The fourth-order valence-corrected chi connectivity index (χ4v) is 2.93. The van der Waals surface area contributed by atoms with Gasteiger partial charge in [-0.05, 0) is 43.5 Å². The fraction of sp³-hybridized carbons (Fsp3) is 0.500. The summed E-state index contributed by atoms with van der Waals surface area (Å²) in [6.45, 7) is 8.06. The second-order valence-electron chi connectivity index (χ2n) is 5.56. The zero-order valence-electron chi connectivity index (χ0n) is 11.7. The molecule has 102 valence electrons. The van der Waals surface area contributed by atoms with Crippen molar-refractivity contribution in [3.05, 3.63) is 35.5 Å². The number of nitrogens with one attached hydrogen (secondary N) is 2. The average molecular weight is 257 g/mol. The molecule has 0 saturated carbocycles. The third-order valence-electron chi connectivity index (χ3n) is 4.05. The SMILES string of the molecule is Cc1ccc2c(CCCN3CCNCC3)c[nH]c2c1. The van der Waals surface area contributed by atoms with Gasteiger partial charge in [0, 0.05) is 43.3 Å². The summed E-state index contributed by atoms with van der Waals surface area (Å²) in [6, 6.07) is 6.69. The molecule has 0 spiro atoms. The van der Waals surface area contributed by atoms with Crippen LogP contribution in [0.25, 0.3) is 10.9 Å². The molecule has 3 nitrogen and oxygen atoms in total. The lowest BCUT2D eigenvalue weighted by Crippen LogP contribution is -2.43. The van der Waals surface area contributed by atoms with Crippen LogP contribution in [-0.4, -0.2) is 42.6 Å². The molecule has 1 aliphatic rings. The molecule has 2 N–H and O–H groups in total. The monoisotopic (exact) mass is 257 g/mol. The van der Waals surface area contributed by atoms with Crippen LogP contribution in [0.3, 0.4) is 0 Å². The number of fused-ring (bicyclic) bond motifs is 1. The first kappa shape index (κ1) is 12.7. The van der Waals surface area contributed by atoms with E-state index < -0.39 is 0 Å². The van der Waals surface area contributed by atoms with Crippen LogP contribution < -0.4 is 5.32 Å². The van der Waals surface area contributed by atoms with Crippen molar-refractivity contribution in [2.75, 3.05) is 32.7 Å². The normalized spacial score (nSPS) is 17.1. The van der Waals surface area contributed by atoms with Crippen molar-refractivity contribution >= 4 is 10.9 Å². The molecule has 0 amide bonds. The lowest BCUT2D eigenvalue weighted by Gasteiger charge is -2.26. The van der Waals surface area contributed by atoms with Crippen LogP contribution >= 0.6 is 0 Å². The Morgan fingerprint density at radius 3 is 2.89 bits per heavy atom. The van der Waals surface area contributed by atoms with E-state index in [0.29, 0.717) is 0 Å². The Labute approximate surface area is 115 Å². The number of piperazine rings is 1. The zero-order valence-corrected chi connectivity index (χ0v) is 11.7. The molecule has 1 saturated heterocycles. The van der Waals surface area contributed by atoms with E-state index in [9.17, 15) is 0 Å². The molecule has 2 aromatic rings. The first-order valence-corrected chi connectivity index (χ1v) is 7.32. The summed E-state index contributed by atoms with van der Waals surface area (Å²) in [6.07, 6.45) is 4.61. The molecule has 0 atom stereocenters. The van der Waals surface area contributed by atoms with Crippen LogP contribution in [0, 0.1) is 6.92 Å². The highest BCUT2D eigenvalue weighted by Crippen LogP contribution is 2.20. The van der Waals surface area contributed by atoms with Crippen molar-refractivity contribution in [2.24, 2.45) is 0 Å². The minimum atomic E-state index is 1.15. The Balaban J connectivity index is 1.59. The topological polar surface area (TPSA) is 31.1 Å². The van der Waals surface area contributed by atoms with Gasteiger partial charge in [0.05, 0.1) is 0 Å². The maximum absolute atomic E-state index is 3.40. The van der Waals surface area contributed by atoms with Crippen molar-refractivity contribution < 1.29 is 0 Å². The smallest absolute Gasteiger partial charge is 0.0459 e. The van der Waals surface area contributed by atoms with Crippen molar-refractivity contribution in [3.63, 3.8) is 0 Å². The van der Waals surface area contributed by atoms with Crippen molar-refractivity contribution in [1.82, 2.24) is 15.2 Å². The number of nitrogens with zero attached hydrogens (tertiary/aromatic N) is 1. The van der Waals surface area contributed by atoms with Gasteiger partial charge in [-0.25, -0.2) is 0 Å². The zero-order chi connectivity index (χ0) is 13.1. The Kier molecular flexibility index (Phi) is 3.85. The molecule has 1 aliphatic heterocycles. The van der Waals surface area contributed by atoms with Gasteiger partial charge in [0.2, 0.25) is 0 Å². The molecule has 0 aliphatic carbocycles. The van der Waals surface area contributed by atoms with E-state index >= 15 is 0 Å². The van der Waals surface area contributed by atoms with E-state index in [-0.39, 0.29) is 0 Å². The molecule has 0 bridgehead atoms. The maximum Gasteiger partial charge on any atom is 0.0459 e. The minimum absolute atomic E-state index is 1.15. The van der Waals surface area contributed by atoms with Gasteiger partial charge in [0.25, 0.3) is 0 Å². The summed E-state index contributed by atoms with van der Waals surface area (Å²) >= 11 is 0. The number of benzene rings is 1. The van der Waals surface area contributed by atoms with Gasteiger partial charge in [-0.2, -0.15) is 0 Å². The number of aryl methyl sites for hydroxylation is 2. The predicted octanol–water partition coefficient (Wildman–Crippen LogP) is 2.31. The quantitative estimate of drug-likeness (QED) is 0.880. The van der Waals surface area contributed by atoms with Gasteiger partial charge < -0.3 is 15.2 Å². The second-order valence-corrected chi connectivity index (χ2v) is 5.56. The average Bonchev–Trinajstić information content (AvgIpc) is 2.82. The first-order valence-electron chi connectivity index (χ1n) is 7.32. The third-order valence-corrected chi connectivity index (χ3v) is 4.05. The molecule has 1 aromatic carbocycles. The van der Waals surface area contributed by atoms with Gasteiger partial charge in [-0.15, -0.1) is 0 Å². The molecular formula is C16H23N3. The van der Waals surface area contributed by atoms with Gasteiger partial charge >= 0.3 is 0 Å². The molecule has 19 heavy (non-hydrogen) atoms. The highest BCUT2D eigenvalue weighted by molar-refractivity contribution is 5.83. The van der Waals surface area contributed by atoms with Crippen LogP contribution in [0.15, 0.2) is 24.4 Å². The molecule has 1 aromatic heterocycles. The Hall–Kier alpha value is -1.32. The lowest BCUT2D eigenvalue weighted by molar-refractivity contribution is 0.238. The van der Waals surface area contributed by atoms with Gasteiger partial charge in [-0.3, -0.25) is 0 Å². The molecule has 0 unspecified atom stereocenters. The van der Waals surface area contributed by atoms with E-state index in [1.54, 1.807) is 0 Å². The van der Waals surface area contributed by atoms with Crippen molar-refractivity contribution in [1.29, 1.82) is 0 Å². The number of aromatic amines is 1. The van der Waals surface area contributed by atoms with Gasteiger partial charge in [-0.1, -0.05) is 12.1 Å². The van der Waals surface area contributed by atoms with E-state index in [1.165, 1.54) is 54.5 Å². The van der Waals surface area contributed by atoms with E-state index in [0.717, 1.165) is 13.1 Å². The minimum Gasteiger partial charge on any atom is -0.361 e. The summed E-state index contributed by atoms with van der Waals surface area (Å²) < 4.78 is 0. The molecule has 3 rings (SSSR count). The number of H-pyrrole nitrogens is 1. The second kappa shape index (κ2) is 5.76. The number of aromatic nitrogens is 1. The van der Waals surface area contributed by atoms with Crippen LogP contribution in [0.4, 0.5) is 0 Å². The predicted molar refractivity (Wildman–Crippen MR) is 80.7 cm³/mol. The maximum atomic E-state index is 3.40. The van der Waals surface area contributed by atoms with Crippen molar-refractivity contribution in [2.45, 2.75) is 19.8 Å². The number of hydrogen-bond acceptors (Lipinski definition) is 2. The summed E-state index contributed by atoms with van der Waals surface area (Å²) in [5, 5.41) is 4.80.